The van der Waals surface area contributed by atoms with Crippen LogP contribution < -0.4 is 0 Å². The van der Waals surface area contributed by atoms with E-state index in [1.807, 2.05) is 20.1 Å². The normalized spacial score (nSPS) is 16.2. The minimum absolute atomic E-state index is 0.526. The Morgan fingerprint density at radius 1 is 1.50 bits per heavy atom. The van der Waals surface area contributed by atoms with Gasteiger partial charge in [0.15, 0.2) is 0 Å². The van der Waals surface area contributed by atoms with Crippen molar-refractivity contribution in [2.75, 3.05) is 6.54 Å². The van der Waals surface area contributed by atoms with Gasteiger partial charge < -0.3 is 0 Å². The maximum absolute atomic E-state index is 4.13. The monoisotopic (exact) mass is 165 g/mol. The van der Waals surface area contributed by atoms with Crippen LogP contribution in [0.25, 0.3) is 0 Å². The summed E-state index contributed by atoms with van der Waals surface area (Å²) in [6, 6.07) is 0. The van der Waals surface area contributed by atoms with Crippen LogP contribution in [0.2, 0.25) is 0 Å². The fourth-order valence-corrected chi connectivity index (χ4v) is 0.868. The van der Waals surface area contributed by atoms with Crippen molar-refractivity contribution in [2.45, 2.75) is 27.7 Å². The third kappa shape index (κ3) is 4.89. The molecule has 0 aliphatic heterocycles. The second-order valence-corrected chi connectivity index (χ2v) is 2.87. The molecule has 0 aliphatic rings. The lowest BCUT2D eigenvalue weighted by atomic mass is 10.0. The topological polar surface area (TPSA) is 12.4 Å². The summed E-state index contributed by atoms with van der Waals surface area (Å²) >= 11 is 0. The average Bonchev–Trinajstić information content (AvgIpc) is 2.05. The van der Waals surface area contributed by atoms with Crippen molar-refractivity contribution in [3.8, 4) is 0 Å². The predicted octanol–water partition coefficient (Wildman–Crippen LogP) is 3.24. The SMILES string of the molecule is C/C=C\C(C)/C(C)=C/C=NCC. The van der Waals surface area contributed by atoms with Gasteiger partial charge in [-0.15, -0.1) is 0 Å². The van der Waals surface area contributed by atoms with E-state index in [4.69, 9.17) is 0 Å². The Kier molecular flexibility index (Phi) is 6.35. The summed E-state index contributed by atoms with van der Waals surface area (Å²) < 4.78 is 0. The number of hydrogen-bond donors (Lipinski definition) is 0. The second-order valence-electron chi connectivity index (χ2n) is 2.87. The third-order valence-electron chi connectivity index (χ3n) is 1.82. The third-order valence-corrected chi connectivity index (χ3v) is 1.82. The van der Waals surface area contributed by atoms with Crippen molar-refractivity contribution < 1.29 is 0 Å². The Labute approximate surface area is 75.9 Å². The maximum Gasteiger partial charge on any atom is 0.0360 e. The number of nitrogens with zero attached hydrogens (tertiary/aromatic N) is 1. The van der Waals surface area contributed by atoms with Gasteiger partial charge in [0.2, 0.25) is 0 Å². The molecule has 0 fully saturated rings. The first kappa shape index (κ1) is 11.2. The first-order chi connectivity index (χ1) is 5.72. The van der Waals surface area contributed by atoms with Crippen LogP contribution in [0, 0.1) is 5.92 Å². The molecule has 0 spiro atoms. The molecule has 0 N–H and O–H groups in total. The average molecular weight is 165 g/mol. The van der Waals surface area contributed by atoms with Crippen LogP contribution in [0.15, 0.2) is 28.8 Å². The van der Waals surface area contributed by atoms with Crippen molar-refractivity contribution in [1.29, 1.82) is 0 Å². The number of aliphatic imine (C=N–C) groups is 1. The van der Waals surface area contributed by atoms with Gasteiger partial charge in [0.25, 0.3) is 0 Å². The molecule has 0 aromatic heterocycles. The molecule has 0 saturated carbocycles. The van der Waals surface area contributed by atoms with E-state index < -0.39 is 0 Å². The molecule has 0 rings (SSSR count). The van der Waals surface area contributed by atoms with Gasteiger partial charge in [-0.05, 0) is 32.8 Å². The zero-order chi connectivity index (χ0) is 9.40. The zero-order valence-corrected chi connectivity index (χ0v) is 8.54. The van der Waals surface area contributed by atoms with Gasteiger partial charge in [0.1, 0.15) is 0 Å². The van der Waals surface area contributed by atoms with Crippen molar-refractivity contribution >= 4 is 6.21 Å². The summed E-state index contributed by atoms with van der Waals surface area (Å²) in [6.07, 6.45) is 8.23. The fourth-order valence-electron chi connectivity index (χ4n) is 0.868. The zero-order valence-electron chi connectivity index (χ0n) is 8.54. The second kappa shape index (κ2) is 6.84. The highest BCUT2D eigenvalue weighted by atomic mass is 14.7. The van der Waals surface area contributed by atoms with Crippen molar-refractivity contribution in [1.82, 2.24) is 0 Å². The summed E-state index contributed by atoms with van der Waals surface area (Å²) in [7, 11) is 0. The highest BCUT2D eigenvalue weighted by molar-refractivity contribution is 5.72. The van der Waals surface area contributed by atoms with E-state index in [0.29, 0.717) is 5.92 Å². The van der Waals surface area contributed by atoms with Crippen LogP contribution in [0.1, 0.15) is 27.7 Å². The van der Waals surface area contributed by atoms with E-state index >= 15 is 0 Å². The fraction of sp³-hybridized carbons (Fsp3) is 0.545. The van der Waals surface area contributed by atoms with Crippen LogP contribution in [-0.2, 0) is 0 Å². The molecule has 0 aliphatic carbocycles. The van der Waals surface area contributed by atoms with E-state index in [-0.39, 0.29) is 0 Å². The number of allylic oxidation sites excluding steroid dienone is 4. The van der Waals surface area contributed by atoms with E-state index in [1.54, 1.807) is 0 Å². The van der Waals surface area contributed by atoms with Gasteiger partial charge in [-0.2, -0.15) is 0 Å². The summed E-state index contributed by atoms with van der Waals surface area (Å²) in [5.74, 6) is 0.526. The lowest BCUT2D eigenvalue weighted by molar-refractivity contribution is 0.863. The largest absolute Gasteiger partial charge is 0.293 e. The highest BCUT2D eigenvalue weighted by Gasteiger charge is 1.95. The minimum Gasteiger partial charge on any atom is -0.293 e. The van der Waals surface area contributed by atoms with Gasteiger partial charge in [0, 0.05) is 12.8 Å². The molecule has 0 heterocycles. The molecule has 12 heavy (non-hydrogen) atoms. The van der Waals surface area contributed by atoms with E-state index in [9.17, 15) is 0 Å². The van der Waals surface area contributed by atoms with Crippen molar-refractivity contribution in [2.24, 2.45) is 10.9 Å². The Morgan fingerprint density at radius 3 is 2.67 bits per heavy atom. The molecular formula is C11H19N. The predicted molar refractivity (Wildman–Crippen MR) is 56.8 cm³/mol. The van der Waals surface area contributed by atoms with Gasteiger partial charge >= 0.3 is 0 Å². The first-order valence-corrected chi connectivity index (χ1v) is 4.51. The van der Waals surface area contributed by atoms with E-state index in [0.717, 1.165) is 6.54 Å². The molecule has 68 valence electrons. The minimum atomic E-state index is 0.526. The first-order valence-electron chi connectivity index (χ1n) is 4.51. The Bertz CT molecular complexity index is 187. The smallest absolute Gasteiger partial charge is 0.0360 e. The van der Waals surface area contributed by atoms with Gasteiger partial charge in [-0.3, -0.25) is 4.99 Å². The molecular weight excluding hydrogens is 146 g/mol. The molecule has 0 radical (unpaired) electrons. The molecule has 1 heteroatoms. The lowest BCUT2D eigenvalue weighted by Crippen LogP contribution is -1.91. The van der Waals surface area contributed by atoms with Crippen LogP contribution >= 0.6 is 0 Å². The molecule has 0 bridgehead atoms. The van der Waals surface area contributed by atoms with Gasteiger partial charge in [-0.1, -0.05) is 24.6 Å². The van der Waals surface area contributed by atoms with Crippen LogP contribution in [0.5, 0.6) is 0 Å². The summed E-state index contributed by atoms with van der Waals surface area (Å²) in [5, 5.41) is 0. The summed E-state index contributed by atoms with van der Waals surface area (Å²) in [4.78, 5) is 4.13. The molecule has 1 atom stereocenters. The standard InChI is InChI=1S/C11H19N/c1-5-7-10(3)11(4)8-9-12-6-2/h5,7-10H,6H2,1-4H3/b7-5-,11-8+,12-9?. The number of rotatable bonds is 4. The summed E-state index contributed by atoms with van der Waals surface area (Å²) in [6.45, 7) is 9.26. The molecule has 0 saturated heterocycles. The van der Waals surface area contributed by atoms with Crippen molar-refractivity contribution in [3.63, 3.8) is 0 Å². The maximum atomic E-state index is 4.13. The van der Waals surface area contributed by atoms with Gasteiger partial charge in [-0.25, -0.2) is 0 Å². The molecule has 1 nitrogen and oxygen atoms in total. The van der Waals surface area contributed by atoms with Crippen molar-refractivity contribution in [3.05, 3.63) is 23.8 Å². The van der Waals surface area contributed by atoms with E-state index in [2.05, 4.69) is 37.1 Å². The lowest BCUT2D eigenvalue weighted by Gasteiger charge is -2.04. The van der Waals surface area contributed by atoms with Crippen LogP contribution in [0.3, 0.4) is 0 Å². The highest BCUT2D eigenvalue weighted by Crippen LogP contribution is 2.09. The van der Waals surface area contributed by atoms with E-state index in [1.165, 1.54) is 5.57 Å². The number of hydrogen-bond acceptors (Lipinski definition) is 1. The Morgan fingerprint density at radius 2 is 2.17 bits per heavy atom. The van der Waals surface area contributed by atoms with Gasteiger partial charge in [0.05, 0.1) is 0 Å². The molecule has 0 aromatic rings. The summed E-state index contributed by atoms with van der Waals surface area (Å²) in [5.41, 5.74) is 1.35. The molecule has 1 unspecified atom stereocenters. The molecule has 0 amide bonds. The molecule has 0 aromatic carbocycles. The quantitative estimate of drug-likeness (QED) is 0.448. The Balaban J connectivity index is 4.07. The van der Waals surface area contributed by atoms with Crippen LogP contribution in [-0.4, -0.2) is 12.8 Å². The Hall–Kier alpha value is -0.850. The van der Waals surface area contributed by atoms with Crippen LogP contribution in [0.4, 0.5) is 0 Å².